The van der Waals surface area contributed by atoms with Crippen LogP contribution in [0.2, 0.25) is 0 Å². The highest BCUT2D eigenvalue weighted by atomic mass is 16.5. The average Bonchev–Trinajstić information content (AvgIpc) is 3.26. The minimum Gasteiger partial charge on any atom is -0.476 e. The molecule has 1 heterocycles. The van der Waals surface area contributed by atoms with Gasteiger partial charge in [-0.2, -0.15) is 4.98 Å². The Labute approximate surface area is 119 Å². The highest BCUT2D eigenvalue weighted by Crippen LogP contribution is 2.31. The summed E-state index contributed by atoms with van der Waals surface area (Å²) in [6.07, 6.45) is 6.04. The van der Waals surface area contributed by atoms with Crippen molar-refractivity contribution in [3.63, 3.8) is 0 Å². The number of hydrogen-bond donors (Lipinski definition) is 3. The third-order valence-electron chi connectivity index (χ3n) is 4.09. The van der Waals surface area contributed by atoms with Gasteiger partial charge in [-0.15, -0.1) is 0 Å². The zero-order chi connectivity index (χ0) is 13.9. The molecule has 0 unspecified atom stereocenters. The maximum Gasteiger partial charge on any atom is 0.239 e. The van der Waals surface area contributed by atoms with Crippen LogP contribution in [0.5, 0.6) is 5.88 Å². The average molecular weight is 277 g/mol. The van der Waals surface area contributed by atoms with Crippen LogP contribution in [0.25, 0.3) is 0 Å². The molecular weight excluding hydrogens is 254 g/mol. The highest BCUT2D eigenvalue weighted by molar-refractivity contribution is 5.53. The van der Waals surface area contributed by atoms with Crippen LogP contribution in [-0.2, 0) is 0 Å². The molecule has 0 spiro atoms. The van der Waals surface area contributed by atoms with Gasteiger partial charge in [0.25, 0.3) is 0 Å². The van der Waals surface area contributed by atoms with E-state index < -0.39 is 0 Å². The molecule has 0 saturated heterocycles. The molecule has 2 aliphatic carbocycles. The number of nitrogens with zero attached hydrogens (tertiary/aromatic N) is 1. The normalized spacial score (nSPS) is 26.2. The van der Waals surface area contributed by atoms with Crippen molar-refractivity contribution in [1.82, 2.24) is 4.98 Å². The number of nitrogens with one attached hydrogen (secondary N) is 1. The van der Waals surface area contributed by atoms with E-state index in [0.29, 0.717) is 23.5 Å². The number of nitrogen functional groups attached to an aromatic ring is 1. The number of aliphatic hydroxyl groups is 1. The van der Waals surface area contributed by atoms with Gasteiger partial charge in [0.1, 0.15) is 5.82 Å². The molecule has 3 rings (SSSR count). The number of nitrogens with two attached hydrogens (primary N) is 1. The molecule has 0 atom stereocenters. The van der Waals surface area contributed by atoms with E-state index in [-0.39, 0.29) is 6.10 Å². The van der Waals surface area contributed by atoms with Crippen molar-refractivity contribution in [3.8, 4) is 5.88 Å². The molecule has 2 aliphatic rings. The van der Waals surface area contributed by atoms with Gasteiger partial charge in [0.15, 0.2) is 0 Å². The van der Waals surface area contributed by atoms with Crippen molar-refractivity contribution in [2.24, 2.45) is 5.92 Å². The summed E-state index contributed by atoms with van der Waals surface area (Å²) in [5.41, 5.74) is 6.49. The molecule has 20 heavy (non-hydrogen) atoms. The van der Waals surface area contributed by atoms with E-state index in [4.69, 9.17) is 10.5 Å². The molecule has 0 radical (unpaired) electrons. The van der Waals surface area contributed by atoms with Crippen LogP contribution in [-0.4, -0.2) is 28.8 Å². The molecule has 5 nitrogen and oxygen atoms in total. The van der Waals surface area contributed by atoms with Crippen molar-refractivity contribution in [1.29, 1.82) is 0 Å². The fourth-order valence-corrected chi connectivity index (χ4v) is 2.56. The second-order valence-corrected chi connectivity index (χ2v) is 6.00. The standard InChI is InChI=1S/C15H23N3O2/c16-13-7-8-14(17-11-3-5-12(19)6-4-11)18-15(13)20-9-10-1-2-10/h7-8,10-12,19H,1-6,9,16H2,(H,17,18). The van der Waals surface area contributed by atoms with Crippen LogP contribution in [0.1, 0.15) is 38.5 Å². The van der Waals surface area contributed by atoms with Crippen LogP contribution < -0.4 is 15.8 Å². The van der Waals surface area contributed by atoms with Crippen molar-refractivity contribution in [2.45, 2.75) is 50.7 Å². The quantitative estimate of drug-likeness (QED) is 0.768. The molecule has 5 heteroatoms. The molecule has 110 valence electrons. The molecule has 0 bridgehead atoms. The van der Waals surface area contributed by atoms with Crippen molar-refractivity contribution in [3.05, 3.63) is 12.1 Å². The van der Waals surface area contributed by atoms with Gasteiger partial charge in [-0.05, 0) is 56.6 Å². The number of anilines is 2. The third kappa shape index (κ3) is 3.54. The summed E-state index contributed by atoms with van der Waals surface area (Å²) in [6.45, 7) is 0.719. The molecular formula is C15H23N3O2. The van der Waals surface area contributed by atoms with E-state index in [9.17, 15) is 5.11 Å². The van der Waals surface area contributed by atoms with Crippen LogP contribution in [0.3, 0.4) is 0 Å². The number of aromatic nitrogens is 1. The molecule has 0 aliphatic heterocycles. The largest absolute Gasteiger partial charge is 0.476 e. The van der Waals surface area contributed by atoms with E-state index in [1.807, 2.05) is 12.1 Å². The lowest BCUT2D eigenvalue weighted by Gasteiger charge is -2.26. The molecule has 0 amide bonds. The van der Waals surface area contributed by atoms with E-state index in [0.717, 1.165) is 38.1 Å². The topological polar surface area (TPSA) is 80.4 Å². The fraction of sp³-hybridized carbons (Fsp3) is 0.667. The summed E-state index contributed by atoms with van der Waals surface area (Å²) in [5, 5.41) is 12.9. The first-order chi connectivity index (χ1) is 9.70. The lowest BCUT2D eigenvalue weighted by molar-refractivity contribution is 0.126. The fourth-order valence-electron chi connectivity index (χ4n) is 2.56. The maximum absolute atomic E-state index is 9.52. The highest BCUT2D eigenvalue weighted by Gasteiger charge is 2.23. The summed E-state index contributed by atoms with van der Waals surface area (Å²) in [5.74, 6) is 2.04. The van der Waals surface area contributed by atoms with E-state index >= 15 is 0 Å². The molecule has 0 aromatic carbocycles. The van der Waals surface area contributed by atoms with Gasteiger partial charge in [0, 0.05) is 6.04 Å². The monoisotopic (exact) mass is 277 g/mol. The van der Waals surface area contributed by atoms with E-state index in [1.54, 1.807) is 0 Å². The van der Waals surface area contributed by atoms with Crippen molar-refractivity contribution >= 4 is 11.5 Å². The van der Waals surface area contributed by atoms with Crippen LogP contribution >= 0.6 is 0 Å². The Balaban J connectivity index is 1.59. The van der Waals surface area contributed by atoms with Crippen molar-refractivity contribution in [2.75, 3.05) is 17.7 Å². The molecule has 1 aromatic rings. The Morgan fingerprint density at radius 1 is 1.20 bits per heavy atom. The van der Waals surface area contributed by atoms with Gasteiger partial charge in [0.2, 0.25) is 5.88 Å². The summed E-state index contributed by atoms with van der Waals surface area (Å²) in [7, 11) is 0. The van der Waals surface area contributed by atoms with E-state index in [2.05, 4.69) is 10.3 Å². The SMILES string of the molecule is Nc1ccc(NC2CCC(O)CC2)nc1OCC1CC1. The number of rotatable bonds is 5. The summed E-state index contributed by atoms with van der Waals surface area (Å²) in [4.78, 5) is 4.46. The first kappa shape index (κ1) is 13.5. The smallest absolute Gasteiger partial charge is 0.239 e. The second-order valence-electron chi connectivity index (χ2n) is 6.00. The molecule has 2 fully saturated rings. The van der Waals surface area contributed by atoms with Gasteiger partial charge in [-0.25, -0.2) is 0 Å². The van der Waals surface area contributed by atoms with Gasteiger partial charge in [-0.1, -0.05) is 0 Å². The van der Waals surface area contributed by atoms with Gasteiger partial charge >= 0.3 is 0 Å². The Bertz CT molecular complexity index is 454. The minimum absolute atomic E-state index is 0.134. The molecule has 1 aromatic heterocycles. The predicted octanol–water partition coefficient (Wildman–Crippen LogP) is 2.17. The number of hydrogen-bond acceptors (Lipinski definition) is 5. The first-order valence-electron chi connectivity index (χ1n) is 7.54. The van der Waals surface area contributed by atoms with Crippen LogP contribution in [0, 0.1) is 5.92 Å². The van der Waals surface area contributed by atoms with Crippen molar-refractivity contribution < 1.29 is 9.84 Å². The number of aliphatic hydroxyl groups excluding tert-OH is 1. The summed E-state index contributed by atoms with van der Waals surface area (Å²) < 4.78 is 5.69. The Morgan fingerprint density at radius 2 is 1.95 bits per heavy atom. The van der Waals surface area contributed by atoms with E-state index in [1.165, 1.54) is 12.8 Å². The summed E-state index contributed by atoms with van der Waals surface area (Å²) >= 11 is 0. The molecule has 2 saturated carbocycles. The lowest BCUT2D eigenvalue weighted by atomic mass is 9.93. The predicted molar refractivity (Wildman–Crippen MR) is 78.8 cm³/mol. The Kier molecular flexibility index (Phi) is 3.96. The van der Waals surface area contributed by atoms with Crippen LogP contribution in [0.15, 0.2) is 12.1 Å². The minimum atomic E-state index is -0.134. The summed E-state index contributed by atoms with van der Waals surface area (Å²) in [6, 6.07) is 4.12. The second kappa shape index (κ2) is 5.87. The zero-order valence-electron chi connectivity index (χ0n) is 11.7. The zero-order valence-corrected chi connectivity index (χ0v) is 11.7. The Hall–Kier alpha value is -1.49. The van der Waals surface area contributed by atoms with Gasteiger partial charge in [-0.3, -0.25) is 0 Å². The van der Waals surface area contributed by atoms with Gasteiger partial charge in [0.05, 0.1) is 18.4 Å². The molecule has 4 N–H and O–H groups in total. The number of ether oxygens (including phenoxy) is 1. The lowest BCUT2D eigenvalue weighted by Crippen LogP contribution is -2.28. The maximum atomic E-state index is 9.52. The van der Waals surface area contributed by atoms with Gasteiger partial charge < -0.3 is 20.9 Å². The Morgan fingerprint density at radius 3 is 2.65 bits per heavy atom. The third-order valence-corrected chi connectivity index (χ3v) is 4.09. The first-order valence-corrected chi connectivity index (χ1v) is 7.54. The van der Waals surface area contributed by atoms with Crippen LogP contribution in [0.4, 0.5) is 11.5 Å². The number of pyridine rings is 1.